The molecule has 3 atom stereocenters. The highest BCUT2D eigenvalue weighted by molar-refractivity contribution is 7.47. The lowest BCUT2D eigenvalue weighted by atomic mass is 10.0. The molecule has 0 aromatic heterocycles. The summed E-state index contributed by atoms with van der Waals surface area (Å²) in [4.78, 5) is 45.8. The number of allylic oxidation sites excluding steroid dienone is 6. The fraction of sp³-hybridized carbons (Fsp3) is 0.780. The maximum atomic E-state index is 12.6. The Kier molecular flexibility index (Phi) is 35.1. The van der Waals surface area contributed by atoms with Gasteiger partial charge in [0, 0.05) is 12.8 Å². The number of unbranched alkanes of at least 4 members (excludes halogenated alkanes) is 18. The first-order valence-corrected chi connectivity index (χ1v) is 22.0. The summed E-state index contributed by atoms with van der Waals surface area (Å²) >= 11 is 0. The zero-order valence-electron chi connectivity index (χ0n) is 33.1. The summed E-state index contributed by atoms with van der Waals surface area (Å²) in [5.74, 6) is -2.40. The molecule has 308 valence electrons. The number of carboxylic acids is 1. The van der Waals surface area contributed by atoms with Crippen molar-refractivity contribution in [1.29, 1.82) is 0 Å². The Labute approximate surface area is 321 Å². The number of carbonyl (C=O) groups is 3. The number of phosphoric acid groups is 1. The van der Waals surface area contributed by atoms with Crippen molar-refractivity contribution < 1.29 is 47.5 Å². The molecular formula is C41H74NO10P. The molecule has 0 aliphatic carbocycles. The van der Waals surface area contributed by atoms with Crippen molar-refractivity contribution in [2.24, 2.45) is 5.73 Å². The highest BCUT2D eigenvalue weighted by Crippen LogP contribution is 2.43. The van der Waals surface area contributed by atoms with Crippen LogP contribution in [0.2, 0.25) is 0 Å². The molecule has 0 amide bonds. The predicted octanol–water partition coefficient (Wildman–Crippen LogP) is 10.4. The van der Waals surface area contributed by atoms with Gasteiger partial charge in [0.1, 0.15) is 12.6 Å². The largest absolute Gasteiger partial charge is 0.480 e. The second-order valence-corrected chi connectivity index (χ2v) is 15.2. The van der Waals surface area contributed by atoms with E-state index < -0.39 is 51.1 Å². The van der Waals surface area contributed by atoms with E-state index in [0.717, 1.165) is 70.6 Å². The molecular weight excluding hydrogens is 697 g/mol. The lowest BCUT2D eigenvalue weighted by Gasteiger charge is -2.20. The van der Waals surface area contributed by atoms with Crippen LogP contribution in [0.5, 0.6) is 0 Å². The summed E-state index contributed by atoms with van der Waals surface area (Å²) in [5, 5.41) is 8.87. The second-order valence-electron chi connectivity index (χ2n) is 13.7. The van der Waals surface area contributed by atoms with Crippen LogP contribution in [0.4, 0.5) is 0 Å². The van der Waals surface area contributed by atoms with Crippen molar-refractivity contribution in [2.45, 2.75) is 187 Å². The smallest absolute Gasteiger partial charge is 0.472 e. The van der Waals surface area contributed by atoms with E-state index in [4.69, 9.17) is 24.8 Å². The van der Waals surface area contributed by atoms with Gasteiger partial charge in [-0.2, -0.15) is 0 Å². The first kappa shape index (κ1) is 50.7. The Morgan fingerprint density at radius 1 is 0.604 bits per heavy atom. The van der Waals surface area contributed by atoms with Gasteiger partial charge >= 0.3 is 25.7 Å². The van der Waals surface area contributed by atoms with Crippen LogP contribution in [-0.4, -0.2) is 59.9 Å². The minimum atomic E-state index is -4.72. The SMILES string of the molecule is CC/C=C\C/C=C\C/C=C\CCCCCCCC(=O)OC(COC(=O)CCCCCCCCCCCCCCCC)COP(=O)(O)OCC(N)C(=O)O. The third-order valence-electron chi connectivity index (χ3n) is 8.65. The van der Waals surface area contributed by atoms with E-state index in [1.54, 1.807) is 0 Å². The molecule has 0 radical (unpaired) electrons. The van der Waals surface area contributed by atoms with Gasteiger partial charge in [-0.15, -0.1) is 0 Å². The van der Waals surface area contributed by atoms with Crippen molar-refractivity contribution in [1.82, 2.24) is 0 Å². The van der Waals surface area contributed by atoms with Crippen molar-refractivity contribution in [3.63, 3.8) is 0 Å². The highest BCUT2D eigenvalue weighted by atomic mass is 31.2. The summed E-state index contributed by atoms with van der Waals surface area (Å²) < 4.78 is 32.6. The third kappa shape index (κ3) is 36.4. The molecule has 12 heteroatoms. The van der Waals surface area contributed by atoms with Crippen LogP contribution < -0.4 is 5.73 Å². The summed E-state index contributed by atoms with van der Waals surface area (Å²) in [5.41, 5.74) is 5.32. The van der Waals surface area contributed by atoms with E-state index in [-0.39, 0.29) is 19.4 Å². The molecule has 3 unspecified atom stereocenters. The zero-order chi connectivity index (χ0) is 39.3. The first-order chi connectivity index (χ1) is 25.6. The van der Waals surface area contributed by atoms with Crippen LogP contribution in [0, 0.1) is 0 Å². The molecule has 0 fully saturated rings. The third-order valence-corrected chi connectivity index (χ3v) is 9.60. The van der Waals surface area contributed by atoms with Gasteiger partial charge in [-0.3, -0.25) is 23.4 Å². The van der Waals surface area contributed by atoms with Crippen LogP contribution in [0.3, 0.4) is 0 Å². The molecule has 53 heavy (non-hydrogen) atoms. The molecule has 0 rings (SSSR count). The molecule has 0 saturated carbocycles. The van der Waals surface area contributed by atoms with Gasteiger partial charge < -0.3 is 25.2 Å². The van der Waals surface area contributed by atoms with Gasteiger partial charge in [0.15, 0.2) is 6.10 Å². The van der Waals surface area contributed by atoms with Gasteiger partial charge in [-0.1, -0.05) is 153 Å². The number of ether oxygens (including phenoxy) is 2. The van der Waals surface area contributed by atoms with Crippen molar-refractivity contribution in [3.8, 4) is 0 Å². The van der Waals surface area contributed by atoms with Gasteiger partial charge in [-0.05, 0) is 44.9 Å². The monoisotopic (exact) mass is 772 g/mol. The molecule has 0 aromatic carbocycles. The van der Waals surface area contributed by atoms with E-state index >= 15 is 0 Å². The summed E-state index contributed by atoms with van der Waals surface area (Å²) in [6, 6.07) is -1.52. The van der Waals surface area contributed by atoms with E-state index in [2.05, 4.69) is 54.8 Å². The van der Waals surface area contributed by atoms with Crippen LogP contribution >= 0.6 is 7.82 Å². The second kappa shape index (κ2) is 36.7. The number of hydrogen-bond donors (Lipinski definition) is 3. The van der Waals surface area contributed by atoms with Crippen LogP contribution in [0.1, 0.15) is 174 Å². The average molecular weight is 772 g/mol. The summed E-state index contributed by atoms with van der Waals surface area (Å²) in [6.45, 7) is 2.67. The zero-order valence-corrected chi connectivity index (χ0v) is 34.0. The average Bonchev–Trinajstić information content (AvgIpc) is 3.13. The maximum Gasteiger partial charge on any atom is 0.472 e. The molecule has 0 bridgehead atoms. The molecule has 0 heterocycles. The number of carboxylic acid groups (broad SMARTS) is 1. The number of esters is 2. The molecule has 4 N–H and O–H groups in total. The lowest BCUT2D eigenvalue weighted by molar-refractivity contribution is -0.161. The molecule has 11 nitrogen and oxygen atoms in total. The number of hydrogen-bond acceptors (Lipinski definition) is 9. The predicted molar refractivity (Wildman–Crippen MR) is 212 cm³/mol. The van der Waals surface area contributed by atoms with Crippen LogP contribution in [-0.2, 0) is 37.5 Å². The van der Waals surface area contributed by atoms with Crippen LogP contribution in [0.15, 0.2) is 36.5 Å². The van der Waals surface area contributed by atoms with Crippen molar-refractivity contribution >= 4 is 25.7 Å². The summed E-state index contributed by atoms with van der Waals surface area (Å²) in [7, 11) is -4.72. The van der Waals surface area contributed by atoms with E-state index in [9.17, 15) is 23.8 Å². The molecule has 0 saturated heterocycles. The van der Waals surface area contributed by atoms with Crippen LogP contribution in [0.25, 0.3) is 0 Å². The van der Waals surface area contributed by atoms with Gasteiger partial charge in [-0.25, -0.2) is 4.57 Å². The first-order valence-electron chi connectivity index (χ1n) is 20.5. The molecule has 0 spiro atoms. The molecule has 0 aliphatic rings. The number of rotatable bonds is 38. The Morgan fingerprint density at radius 2 is 1.06 bits per heavy atom. The fourth-order valence-corrected chi connectivity index (χ4v) is 6.21. The Hall–Kier alpha value is -2.30. The minimum Gasteiger partial charge on any atom is -0.480 e. The van der Waals surface area contributed by atoms with E-state index in [1.807, 2.05) is 0 Å². The Morgan fingerprint density at radius 3 is 1.58 bits per heavy atom. The quantitative estimate of drug-likeness (QED) is 0.0236. The van der Waals surface area contributed by atoms with E-state index in [0.29, 0.717) is 12.8 Å². The van der Waals surface area contributed by atoms with Crippen molar-refractivity contribution in [3.05, 3.63) is 36.5 Å². The molecule has 0 aromatic rings. The summed E-state index contributed by atoms with van der Waals surface area (Å²) in [6.07, 6.45) is 37.8. The Bertz CT molecular complexity index is 1050. The minimum absolute atomic E-state index is 0.143. The highest BCUT2D eigenvalue weighted by Gasteiger charge is 2.28. The normalized spacial score (nSPS) is 14.2. The fourth-order valence-electron chi connectivity index (χ4n) is 5.43. The Balaban J connectivity index is 4.42. The van der Waals surface area contributed by atoms with E-state index in [1.165, 1.54) is 64.2 Å². The number of carbonyl (C=O) groups excluding carboxylic acids is 2. The number of aliphatic carboxylic acids is 1. The lowest BCUT2D eigenvalue weighted by Crippen LogP contribution is -2.34. The van der Waals surface area contributed by atoms with Gasteiger partial charge in [0.2, 0.25) is 0 Å². The number of phosphoric ester groups is 1. The standard InChI is InChI=1S/C41H74NO10P/c1-3-5-7-9-11-13-15-17-19-21-23-25-27-29-31-33-40(44)52-37(35-50-53(47,48)51-36-38(42)41(45)46)34-49-39(43)32-30-28-26-24-22-20-18-16-14-12-10-8-6-4-2/h5,7,11,13,17,19,37-38H,3-4,6,8-10,12,14-16,18,20-36,42H2,1-2H3,(H,45,46)(H,47,48)/b7-5-,13-11-,19-17-. The molecule has 0 aliphatic heterocycles. The number of nitrogens with two attached hydrogens (primary N) is 1. The maximum absolute atomic E-state index is 12.6. The topological polar surface area (TPSA) is 172 Å². The van der Waals surface area contributed by atoms with Crippen molar-refractivity contribution in [2.75, 3.05) is 19.8 Å². The van der Waals surface area contributed by atoms with Gasteiger partial charge in [0.05, 0.1) is 13.2 Å². The van der Waals surface area contributed by atoms with Gasteiger partial charge in [0.25, 0.3) is 0 Å².